The first-order chi connectivity index (χ1) is 11.2. The number of carbonyl (C=O) groups is 1. The highest BCUT2D eigenvalue weighted by Gasteiger charge is 2.30. The smallest absolute Gasteiger partial charge is 0.223 e. The Bertz CT molecular complexity index is 549. The number of rotatable bonds is 4. The van der Waals surface area contributed by atoms with E-state index in [9.17, 15) is 4.79 Å². The van der Waals surface area contributed by atoms with Gasteiger partial charge in [0.15, 0.2) is 0 Å². The molecule has 2 aliphatic rings. The molecule has 2 fully saturated rings. The standard InChI is InChI=1S/C18H27N3O2/c1-23-17-6-2-5-16(11-17)21-9-3-4-15(12-21)20-18(22)13-7-8-14(19)10-13/h2,5-6,11,13-15H,3-4,7-10,12,19H2,1H3,(H,20,22). The van der Waals surface area contributed by atoms with Crippen LogP contribution in [-0.2, 0) is 4.79 Å². The Balaban J connectivity index is 1.58. The van der Waals surface area contributed by atoms with E-state index >= 15 is 0 Å². The maximum atomic E-state index is 12.4. The maximum absolute atomic E-state index is 12.4. The molecule has 0 bridgehead atoms. The molecule has 1 amide bonds. The quantitative estimate of drug-likeness (QED) is 0.890. The maximum Gasteiger partial charge on any atom is 0.223 e. The monoisotopic (exact) mass is 317 g/mol. The minimum absolute atomic E-state index is 0.109. The molecule has 23 heavy (non-hydrogen) atoms. The summed E-state index contributed by atoms with van der Waals surface area (Å²) >= 11 is 0. The molecule has 1 aliphatic carbocycles. The van der Waals surface area contributed by atoms with E-state index in [1.54, 1.807) is 7.11 Å². The van der Waals surface area contributed by atoms with Gasteiger partial charge in [-0.25, -0.2) is 0 Å². The number of carbonyl (C=O) groups excluding carboxylic acids is 1. The number of nitrogens with two attached hydrogens (primary N) is 1. The van der Waals surface area contributed by atoms with Crippen molar-refractivity contribution in [2.75, 3.05) is 25.1 Å². The molecular weight excluding hydrogens is 290 g/mol. The second-order valence-corrected chi connectivity index (χ2v) is 6.77. The predicted molar refractivity (Wildman–Crippen MR) is 91.7 cm³/mol. The number of nitrogens with zero attached hydrogens (tertiary/aromatic N) is 1. The van der Waals surface area contributed by atoms with Gasteiger partial charge in [0, 0.05) is 42.8 Å². The summed E-state index contributed by atoms with van der Waals surface area (Å²) in [5, 5.41) is 3.24. The Morgan fingerprint density at radius 3 is 2.96 bits per heavy atom. The van der Waals surface area contributed by atoms with E-state index in [1.807, 2.05) is 12.1 Å². The Labute approximate surface area is 138 Å². The summed E-state index contributed by atoms with van der Waals surface area (Å²) < 4.78 is 5.31. The fraction of sp³-hybridized carbons (Fsp3) is 0.611. The van der Waals surface area contributed by atoms with Gasteiger partial charge in [0.2, 0.25) is 5.91 Å². The van der Waals surface area contributed by atoms with Gasteiger partial charge in [-0.2, -0.15) is 0 Å². The Morgan fingerprint density at radius 1 is 1.35 bits per heavy atom. The van der Waals surface area contributed by atoms with Crippen molar-refractivity contribution < 1.29 is 9.53 Å². The van der Waals surface area contributed by atoms with E-state index in [0.717, 1.165) is 56.6 Å². The first-order valence-corrected chi connectivity index (χ1v) is 8.60. The van der Waals surface area contributed by atoms with Crippen LogP contribution in [0.15, 0.2) is 24.3 Å². The molecule has 0 spiro atoms. The number of methoxy groups -OCH3 is 1. The second-order valence-electron chi connectivity index (χ2n) is 6.77. The van der Waals surface area contributed by atoms with Gasteiger partial charge >= 0.3 is 0 Å². The third kappa shape index (κ3) is 3.96. The van der Waals surface area contributed by atoms with Crippen molar-refractivity contribution in [2.24, 2.45) is 11.7 Å². The molecule has 0 radical (unpaired) electrons. The summed E-state index contributed by atoms with van der Waals surface area (Å²) in [5.74, 6) is 1.17. The first-order valence-electron chi connectivity index (χ1n) is 8.60. The summed E-state index contributed by atoms with van der Waals surface area (Å²) in [6.07, 6.45) is 4.87. The molecule has 1 saturated heterocycles. The summed E-state index contributed by atoms with van der Waals surface area (Å²) in [6, 6.07) is 8.54. The van der Waals surface area contributed by atoms with Gasteiger partial charge in [0.25, 0.3) is 0 Å². The minimum atomic E-state index is 0.109. The van der Waals surface area contributed by atoms with Crippen LogP contribution in [0.5, 0.6) is 5.75 Å². The van der Waals surface area contributed by atoms with Crippen LogP contribution in [0.3, 0.4) is 0 Å². The van der Waals surface area contributed by atoms with Crippen molar-refractivity contribution >= 4 is 11.6 Å². The Morgan fingerprint density at radius 2 is 2.22 bits per heavy atom. The Hall–Kier alpha value is -1.75. The van der Waals surface area contributed by atoms with E-state index in [4.69, 9.17) is 10.5 Å². The van der Waals surface area contributed by atoms with Crippen molar-refractivity contribution in [3.8, 4) is 5.75 Å². The highest BCUT2D eigenvalue weighted by Crippen LogP contribution is 2.26. The van der Waals surface area contributed by atoms with Crippen LogP contribution in [0.4, 0.5) is 5.69 Å². The van der Waals surface area contributed by atoms with Crippen molar-refractivity contribution in [3.63, 3.8) is 0 Å². The molecule has 5 nitrogen and oxygen atoms in total. The van der Waals surface area contributed by atoms with Crippen LogP contribution in [0.25, 0.3) is 0 Å². The fourth-order valence-electron chi connectivity index (χ4n) is 3.71. The van der Waals surface area contributed by atoms with Gasteiger partial charge < -0.3 is 20.7 Å². The summed E-state index contributed by atoms with van der Waals surface area (Å²) in [7, 11) is 1.69. The van der Waals surface area contributed by atoms with Gasteiger partial charge in [-0.05, 0) is 44.2 Å². The lowest BCUT2D eigenvalue weighted by molar-refractivity contribution is -0.125. The van der Waals surface area contributed by atoms with E-state index in [0.29, 0.717) is 0 Å². The Kier molecular flexibility index (Phi) is 5.06. The lowest BCUT2D eigenvalue weighted by Crippen LogP contribution is -2.49. The van der Waals surface area contributed by atoms with Crippen molar-refractivity contribution in [2.45, 2.75) is 44.2 Å². The zero-order chi connectivity index (χ0) is 16.2. The normalized spacial score (nSPS) is 27.7. The average Bonchev–Trinajstić information content (AvgIpc) is 3.02. The molecule has 1 aliphatic heterocycles. The van der Waals surface area contributed by atoms with Gasteiger partial charge in [-0.1, -0.05) is 6.07 Å². The van der Waals surface area contributed by atoms with Gasteiger partial charge in [0.1, 0.15) is 5.75 Å². The van der Waals surface area contributed by atoms with Crippen LogP contribution in [0, 0.1) is 5.92 Å². The van der Waals surface area contributed by atoms with E-state index < -0.39 is 0 Å². The molecular formula is C18H27N3O2. The molecule has 3 N–H and O–H groups in total. The highest BCUT2D eigenvalue weighted by atomic mass is 16.5. The SMILES string of the molecule is COc1cccc(N2CCCC(NC(=O)C3CCC(N)C3)C2)c1. The number of anilines is 1. The summed E-state index contributed by atoms with van der Waals surface area (Å²) in [6.45, 7) is 1.88. The molecule has 5 heteroatoms. The van der Waals surface area contributed by atoms with Gasteiger partial charge in [0.05, 0.1) is 7.11 Å². The van der Waals surface area contributed by atoms with E-state index in [2.05, 4.69) is 22.3 Å². The lowest BCUT2D eigenvalue weighted by atomic mass is 10.0. The zero-order valence-electron chi connectivity index (χ0n) is 13.8. The van der Waals surface area contributed by atoms with Crippen LogP contribution in [-0.4, -0.2) is 38.2 Å². The second kappa shape index (κ2) is 7.21. The third-order valence-corrected chi connectivity index (χ3v) is 5.03. The van der Waals surface area contributed by atoms with Gasteiger partial charge in [-0.3, -0.25) is 4.79 Å². The van der Waals surface area contributed by atoms with Crippen LogP contribution in [0.2, 0.25) is 0 Å². The van der Waals surface area contributed by atoms with Crippen molar-refractivity contribution in [1.82, 2.24) is 5.32 Å². The number of nitrogens with one attached hydrogen (secondary N) is 1. The van der Waals surface area contributed by atoms with Crippen molar-refractivity contribution in [1.29, 1.82) is 0 Å². The minimum Gasteiger partial charge on any atom is -0.497 e. The molecule has 1 aromatic rings. The van der Waals surface area contributed by atoms with Crippen molar-refractivity contribution in [3.05, 3.63) is 24.3 Å². The molecule has 0 aromatic heterocycles. The summed E-state index contributed by atoms with van der Waals surface area (Å²) in [5.41, 5.74) is 7.08. The molecule has 126 valence electrons. The number of hydrogen-bond donors (Lipinski definition) is 2. The third-order valence-electron chi connectivity index (χ3n) is 5.03. The van der Waals surface area contributed by atoms with Gasteiger partial charge in [-0.15, -0.1) is 0 Å². The average molecular weight is 317 g/mol. The molecule has 1 saturated carbocycles. The first kappa shape index (κ1) is 16.1. The van der Waals surface area contributed by atoms with E-state index in [-0.39, 0.29) is 23.9 Å². The number of piperidine rings is 1. The predicted octanol–water partition coefficient (Wildman–Crippen LogP) is 1.91. The van der Waals surface area contributed by atoms with Crippen LogP contribution in [0.1, 0.15) is 32.1 Å². The molecule has 3 unspecified atom stereocenters. The topological polar surface area (TPSA) is 67.6 Å². The molecule has 1 aromatic carbocycles. The highest BCUT2D eigenvalue weighted by molar-refractivity contribution is 5.79. The van der Waals surface area contributed by atoms with Crippen LogP contribution < -0.4 is 20.7 Å². The van der Waals surface area contributed by atoms with E-state index in [1.165, 1.54) is 0 Å². The number of ether oxygens (including phenoxy) is 1. The number of hydrogen-bond acceptors (Lipinski definition) is 4. The number of amides is 1. The molecule has 3 rings (SSSR count). The molecule has 3 atom stereocenters. The molecule has 1 heterocycles. The fourth-order valence-corrected chi connectivity index (χ4v) is 3.71. The summed E-state index contributed by atoms with van der Waals surface area (Å²) in [4.78, 5) is 14.7. The zero-order valence-corrected chi connectivity index (χ0v) is 13.8. The van der Waals surface area contributed by atoms with Crippen LogP contribution >= 0.6 is 0 Å². The largest absolute Gasteiger partial charge is 0.497 e. The lowest BCUT2D eigenvalue weighted by Gasteiger charge is -2.35. The number of benzene rings is 1.